The molecule has 1 saturated carbocycles. The molecule has 2 fully saturated rings. The van der Waals surface area contributed by atoms with Crippen LogP contribution in [0.15, 0.2) is 0 Å². The van der Waals surface area contributed by atoms with Crippen molar-refractivity contribution in [2.24, 2.45) is 11.1 Å². The number of rotatable bonds is 2. The predicted octanol–water partition coefficient (Wildman–Crippen LogP) is 2.39. The normalized spacial score (nSPS) is 36.5. The van der Waals surface area contributed by atoms with E-state index < -0.39 is 0 Å². The first kappa shape index (κ1) is 14.3. The average molecular weight is 254 g/mol. The van der Waals surface area contributed by atoms with Gasteiger partial charge in [0, 0.05) is 25.2 Å². The number of nitrogens with two attached hydrogens (primary N) is 1. The second kappa shape index (κ2) is 5.10. The van der Waals surface area contributed by atoms with E-state index in [2.05, 4.69) is 32.6 Å². The van der Waals surface area contributed by atoms with E-state index in [-0.39, 0.29) is 5.54 Å². The number of nitrogens with zero attached hydrogens (tertiary/aromatic N) is 1. The van der Waals surface area contributed by atoms with E-state index in [1.54, 1.807) is 0 Å². The van der Waals surface area contributed by atoms with Crippen molar-refractivity contribution in [1.29, 1.82) is 0 Å². The Morgan fingerprint density at radius 1 is 1.06 bits per heavy atom. The minimum absolute atomic E-state index is 0.238. The Kier molecular flexibility index (Phi) is 4.05. The molecule has 18 heavy (non-hydrogen) atoms. The molecule has 1 aliphatic carbocycles. The van der Waals surface area contributed by atoms with E-state index in [1.807, 2.05) is 0 Å². The molecule has 3 heteroatoms. The van der Waals surface area contributed by atoms with Gasteiger partial charge in [-0.2, -0.15) is 0 Å². The Morgan fingerprint density at radius 3 is 2.00 bits per heavy atom. The smallest absolute Gasteiger partial charge is 0.0678 e. The van der Waals surface area contributed by atoms with Crippen molar-refractivity contribution in [3.63, 3.8) is 0 Å². The molecule has 1 aliphatic heterocycles. The summed E-state index contributed by atoms with van der Waals surface area (Å²) in [6, 6.07) is 0. The second-order valence-electron chi connectivity index (χ2n) is 7.25. The summed E-state index contributed by atoms with van der Waals surface area (Å²) in [5, 5.41) is 0. The topological polar surface area (TPSA) is 38.5 Å². The van der Waals surface area contributed by atoms with Crippen LogP contribution in [0.4, 0.5) is 0 Å². The van der Waals surface area contributed by atoms with Gasteiger partial charge in [0.25, 0.3) is 0 Å². The molecule has 0 amide bonds. The minimum atomic E-state index is 0.238. The lowest BCUT2D eigenvalue weighted by Gasteiger charge is -2.52. The van der Waals surface area contributed by atoms with Crippen LogP contribution < -0.4 is 5.73 Å². The SMILES string of the molecule is C[C@@H]1CN(C2(CN)CCC(C)(C)CC2)C[C@H](C)O1. The zero-order chi connectivity index (χ0) is 13.4. The van der Waals surface area contributed by atoms with Crippen LogP contribution in [0.3, 0.4) is 0 Å². The summed E-state index contributed by atoms with van der Waals surface area (Å²) in [5.41, 5.74) is 6.91. The highest BCUT2D eigenvalue weighted by molar-refractivity contribution is 4.99. The third kappa shape index (κ3) is 2.89. The number of hydrogen-bond donors (Lipinski definition) is 1. The fourth-order valence-electron chi connectivity index (χ4n) is 3.61. The predicted molar refractivity (Wildman–Crippen MR) is 75.6 cm³/mol. The van der Waals surface area contributed by atoms with Gasteiger partial charge in [-0.05, 0) is 44.9 Å². The standard InChI is InChI=1S/C15H30N2O/c1-12-9-17(10-13(2)18-12)15(11-16)7-5-14(3,4)6-8-15/h12-13H,5-11,16H2,1-4H3/t12-,13+. The molecule has 106 valence electrons. The Balaban J connectivity index is 2.08. The van der Waals surface area contributed by atoms with Gasteiger partial charge in [0.05, 0.1) is 12.2 Å². The van der Waals surface area contributed by atoms with Gasteiger partial charge in [0.2, 0.25) is 0 Å². The molecule has 2 N–H and O–H groups in total. The Hall–Kier alpha value is -0.120. The molecule has 0 aromatic heterocycles. The van der Waals surface area contributed by atoms with Crippen LogP contribution in [0.5, 0.6) is 0 Å². The number of morpholine rings is 1. The molecule has 0 radical (unpaired) electrons. The van der Waals surface area contributed by atoms with Gasteiger partial charge < -0.3 is 10.5 Å². The summed E-state index contributed by atoms with van der Waals surface area (Å²) in [7, 11) is 0. The van der Waals surface area contributed by atoms with E-state index in [9.17, 15) is 0 Å². The molecule has 3 nitrogen and oxygen atoms in total. The molecule has 0 spiro atoms. The Labute approximate surface area is 112 Å². The molecule has 1 heterocycles. The van der Waals surface area contributed by atoms with Crippen molar-refractivity contribution in [2.45, 2.75) is 71.1 Å². The maximum Gasteiger partial charge on any atom is 0.0678 e. The fraction of sp³-hybridized carbons (Fsp3) is 1.00. The molecule has 2 aliphatic rings. The van der Waals surface area contributed by atoms with E-state index in [1.165, 1.54) is 25.7 Å². The highest BCUT2D eigenvalue weighted by Gasteiger charge is 2.43. The highest BCUT2D eigenvalue weighted by Crippen LogP contribution is 2.43. The third-order valence-electron chi connectivity index (χ3n) is 5.00. The maximum atomic E-state index is 6.17. The van der Waals surface area contributed by atoms with Gasteiger partial charge in [0.1, 0.15) is 0 Å². The van der Waals surface area contributed by atoms with E-state index in [4.69, 9.17) is 10.5 Å². The molecule has 1 saturated heterocycles. The monoisotopic (exact) mass is 254 g/mol. The minimum Gasteiger partial charge on any atom is -0.373 e. The average Bonchev–Trinajstić information content (AvgIpc) is 2.28. The first-order valence-electron chi connectivity index (χ1n) is 7.47. The van der Waals surface area contributed by atoms with Gasteiger partial charge in [0.15, 0.2) is 0 Å². The molecule has 0 bridgehead atoms. The van der Waals surface area contributed by atoms with Gasteiger partial charge in [-0.15, -0.1) is 0 Å². The van der Waals surface area contributed by atoms with Crippen LogP contribution in [0.1, 0.15) is 53.4 Å². The van der Waals surface area contributed by atoms with Crippen LogP contribution in [-0.4, -0.2) is 42.3 Å². The van der Waals surface area contributed by atoms with Crippen molar-refractivity contribution < 1.29 is 4.74 Å². The Bertz CT molecular complexity index is 270. The van der Waals surface area contributed by atoms with Gasteiger partial charge >= 0.3 is 0 Å². The first-order chi connectivity index (χ1) is 8.37. The molecular weight excluding hydrogens is 224 g/mol. The summed E-state index contributed by atoms with van der Waals surface area (Å²) < 4.78 is 5.86. The van der Waals surface area contributed by atoms with Crippen LogP contribution in [0.25, 0.3) is 0 Å². The fourth-order valence-corrected chi connectivity index (χ4v) is 3.61. The Morgan fingerprint density at radius 2 is 1.56 bits per heavy atom. The van der Waals surface area contributed by atoms with Crippen molar-refractivity contribution in [1.82, 2.24) is 4.90 Å². The first-order valence-corrected chi connectivity index (χ1v) is 7.47. The second-order valence-corrected chi connectivity index (χ2v) is 7.25. The molecule has 0 aromatic rings. The maximum absolute atomic E-state index is 6.17. The van der Waals surface area contributed by atoms with Crippen molar-refractivity contribution in [3.8, 4) is 0 Å². The summed E-state index contributed by atoms with van der Waals surface area (Å²) in [4.78, 5) is 2.63. The zero-order valence-corrected chi connectivity index (χ0v) is 12.5. The van der Waals surface area contributed by atoms with Crippen molar-refractivity contribution in [3.05, 3.63) is 0 Å². The van der Waals surface area contributed by atoms with Gasteiger partial charge in [-0.1, -0.05) is 13.8 Å². The summed E-state index contributed by atoms with van der Waals surface area (Å²) in [6.45, 7) is 12.0. The van der Waals surface area contributed by atoms with Crippen LogP contribution in [-0.2, 0) is 4.74 Å². The summed E-state index contributed by atoms with van der Waals surface area (Å²) in [5.74, 6) is 0. The highest BCUT2D eigenvalue weighted by atomic mass is 16.5. The van der Waals surface area contributed by atoms with Crippen molar-refractivity contribution >= 4 is 0 Å². The lowest BCUT2D eigenvalue weighted by molar-refractivity contribution is -0.113. The molecule has 2 atom stereocenters. The van der Waals surface area contributed by atoms with Crippen molar-refractivity contribution in [2.75, 3.05) is 19.6 Å². The zero-order valence-electron chi connectivity index (χ0n) is 12.5. The third-order valence-corrected chi connectivity index (χ3v) is 5.00. The number of ether oxygens (including phenoxy) is 1. The van der Waals surface area contributed by atoms with E-state index in [0.29, 0.717) is 17.6 Å². The van der Waals surface area contributed by atoms with E-state index >= 15 is 0 Å². The largest absolute Gasteiger partial charge is 0.373 e. The summed E-state index contributed by atoms with van der Waals surface area (Å²) in [6.07, 6.45) is 5.76. The van der Waals surface area contributed by atoms with Crippen LogP contribution >= 0.6 is 0 Å². The molecular formula is C15H30N2O. The molecule has 0 unspecified atom stereocenters. The van der Waals surface area contributed by atoms with Gasteiger partial charge in [-0.3, -0.25) is 4.90 Å². The van der Waals surface area contributed by atoms with Crippen LogP contribution in [0, 0.1) is 5.41 Å². The quantitative estimate of drug-likeness (QED) is 0.822. The van der Waals surface area contributed by atoms with Crippen LogP contribution in [0.2, 0.25) is 0 Å². The summed E-state index contributed by atoms with van der Waals surface area (Å²) >= 11 is 0. The lowest BCUT2D eigenvalue weighted by Crippen LogP contribution is -2.62. The van der Waals surface area contributed by atoms with Gasteiger partial charge in [-0.25, -0.2) is 0 Å². The molecule has 0 aromatic carbocycles. The number of hydrogen-bond acceptors (Lipinski definition) is 3. The van der Waals surface area contributed by atoms with E-state index in [0.717, 1.165) is 19.6 Å². The molecule has 2 rings (SSSR count). The lowest BCUT2D eigenvalue weighted by atomic mass is 9.68.